The molecule has 0 fully saturated rings. The largest absolute Gasteiger partial charge is 0.382 e. The fourth-order valence-electron chi connectivity index (χ4n) is 1.67. The summed E-state index contributed by atoms with van der Waals surface area (Å²) in [5, 5.41) is 12.5. The average Bonchev–Trinajstić information content (AvgIpc) is 2.33. The van der Waals surface area contributed by atoms with E-state index in [0.717, 1.165) is 32.6 Å². The number of nitrogens with one attached hydrogen (secondary N) is 1. The van der Waals surface area contributed by atoms with Crippen molar-refractivity contribution < 1.29 is 4.74 Å². The highest BCUT2D eigenvalue weighted by Gasteiger charge is 2.26. The summed E-state index contributed by atoms with van der Waals surface area (Å²) in [6.07, 6.45) is 0.760. The molecule has 0 aliphatic rings. The smallest absolute Gasteiger partial charge is 0.130 e. The van der Waals surface area contributed by atoms with Crippen molar-refractivity contribution in [2.45, 2.75) is 32.7 Å². The number of hydrogen-bond donors (Lipinski definition) is 1. The molecule has 0 aliphatic carbocycles. The van der Waals surface area contributed by atoms with Gasteiger partial charge in [-0.05, 0) is 19.5 Å². The van der Waals surface area contributed by atoms with Crippen LogP contribution in [0.25, 0.3) is 0 Å². The van der Waals surface area contributed by atoms with E-state index in [-0.39, 0.29) is 0 Å². The van der Waals surface area contributed by atoms with Crippen molar-refractivity contribution in [1.29, 1.82) is 5.26 Å². The molecular formula is C12H25N3O. The van der Waals surface area contributed by atoms with E-state index >= 15 is 0 Å². The van der Waals surface area contributed by atoms with Crippen LogP contribution >= 0.6 is 0 Å². The Morgan fingerprint density at radius 1 is 1.31 bits per heavy atom. The van der Waals surface area contributed by atoms with Crippen molar-refractivity contribution in [3.63, 3.8) is 0 Å². The van der Waals surface area contributed by atoms with Gasteiger partial charge in [0, 0.05) is 20.2 Å². The molecule has 0 aliphatic heterocycles. The second-order valence-electron chi connectivity index (χ2n) is 3.93. The SMILES string of the molecule is CCN(CC)CCNC(C#N)(CC)COC. The molecule has 0 rings (SSSR count). The molecule has 0 spiro atoms. The normalized spacial score (nSPS) is 14.8. The van der Waals surface area contributed by atoms with Crippen LogP contribution in [0.15, 0.2) is 0 Å². The molecule has 0 aromatic heterocycles. The van der Waals surface area contributed by atoms with Gasteiger partial charge in [0.2, 0.25) is 0 Å². The van der Waals surface area contributed by atoms with Gasteiger partial charge in [0.15, 0.2) is 0 Å². The molecule has 16 heavy (non-hydrogen) atoms. The van der Waals surface area contributed by atoms with Crippen molar-refractivity contribution in [2.24, 2.45) is 0 Å². The zero-order chi connectivity index (χ0) is 12.4. The molecular weight excluding hydrogens is 202 g/mol. The predicted octanol–water partition coefficient (Wildman–Crippen LogP) is 1.24. The third-order valence-corrected chi connectivity index (χ3v) is 2.99. The van der Waals surface area contributed by atoms with E-state index in [1.54, 1.807) is 7.11 Å². The van der Waals surface area contributed by atoms with Gasteiger partial charge in [0.05, 0.1) is 12.7 Å². The summed E-state index contributed by atoms with van der Waals surface area (Å²) >= 11 is 0. The monoisotopic (exact) mass is 227 g/mol. The van der Waals surface area contributed by atoms with E-state index in [1.165, 1.54) is 0 Å². The van der Waals surface area contributed by atoms with Crippen LogP contribution in [0.3, 0.4) is 0 Å². The van der Waals surface area contributed by atoms with Crippen molar-refractivity contribution in [3.8, 4) is 6.07 Å². The van der Waals surface area contributed by atoms with Gasteiger partial charge in [0.1, 0.15) is 5.54 Å². The van der Waals surface area contributed by atoms with Gasteiger partial charge in [-0.1, -0.05) is 20.8 Å². The maximum absolute atomic E-state index is 9.18. The van der Waals surface area contributed by atoms with Gasteiger partial charge < -0.3 is 9.64 Å². The van der Waals surface area contributed by atoms with E-state index in [4.69, 9.17) is 4.74 Å². The average molecular weight is 227 g/mol. The van der Waals surface area contributed by atoms with Crippen LogP contribution in [-0.4, -0.2) is 50.3 Å². The molecule has 0 amide bonds. The summed E-state index contributed by atoms with van der Waals surface area (Å²) in [7, 11) is 1.63. The predicted molar refractivity (Wildman–Crippen MR) is 66.3 cm³/mol. The third-order valence-electron chi connectivity index (χ3n) is 2.99. The number of nitrogens with zero attached hydrogens (tertiary/aromatic N) is 2. The van der Waals surface area contributed by atoms with Crippen LogP contribution in [0.1, 0.15) is 27.2 Å². The first kappa shape index (κ1) is 15.4. The van der Waals surface area contributed by atoms with Crippen molar-refractivity contribution >= 4 is 0 Å². The Hall–Kier alpha value is -0.630. The Morgan fingerprint density at radius 3 is 2.31 bits per heavy atom. The zero-order valence-corrected chi connectivity index (χ0v) is 11.0. The highest BCUT2D eigenvalue weighted by Crippen LogP contribution is 2.08. The number of likely N-dealkylation sites (N-methyl/N-ethyl adjacent to an activating group) is 1. The number of methoxy groups -OCH3 is 1. The summed E-state index contributed by atoms with van der Waals surface area (Å²) in [6, 6.07) is 2.32. The van der Waals surface area contributed by atoms with E-state index in [9.17, 15) is 5.26 Å². The summed E-state index contributed by atoms with van der Waals surface area (Å²) in [4.78, 5) is 2.33. The quantitative estimate of drug-likeness (QED) is 0.644. The molecule has 94 valence electrons. The van der Waals surface area contributed by atoms with Gasteiger partial charge in [-0.3, -0.25) is 5.32 Å². The molecule has 1 N–H and O–H groups in total. The molecule has 4 nitrogen and oxygen atoms in total. The minimum Gasteiger partial charge on any atom is -0.382 e. The molecule has 0 aromatic rings. The second kappa shape index (κ2) is 8.51. The standard InChI is InChI=1S/C12H25N3O/c1-5-12(10-13,11-16-4)14-8-9-15(6-2)7-3/h14H,5-9,11H2,1-4H3. The Kier molecular flexibility index (Phi) is 8.18. The molecule has 0 heterocycles. The van der Waals surface area contributed by atoms with E-state index in [0.29, 0.717) is 6.61 Å². The molecule has 0 aromatic carbocycles. The second-order valence-corrected chi connectivity index (χ2v) is 3.93. The van der Waals surface area contributed by atoms with Gasteiger partial charge >= 0.3 is 0 Å². The molecule has 1 atom stereocenters. The van der Waals surface area contributed by atoms with Gasteiger partial charge in [-0.25, -0.2) is 0 Å². The molecule has 1 unspecified atom stereocenters. The van der Waals surface area contributed by atoms with Crippen LogP contribution in [0.2, 0.25) is 0 Å². The topological polar surface area (TPSA) is 48.3 Å². The summed E-state index contributed by atoms with van der Waals surface area (Å²) in [6.45, 7) is 10.6. The highest BCUT2D eigenvalue weighted by atomic mass is 16.5. The van der Waals surface area contributed by atoms with Crippen molar-refractivity contribution in [3.05, 3.63) is 0 Å². The van der Waals surface area contributed by atoms with Crippen LogP contribution in [0.4, 0.5) is 0 Å². The molecule has 0 radical (unpaired) electrons. The van der Waals surface area contributed by atoms with Gasteiger partial charge in [-0.15, -0.1) is 0 Å². The number of nitriles is 1. The zero-order valence-electron chi connectivity index (χ0n) is 11.0. The first-order valence-electron chi connectivity index (χ1n) is 6.05. The number of ether oxygens (including phenoxy) is 1. The minimum atomic E-state index is -0.526. The lowest BCUT2D eigenvalue weighted by atomic mass is 9.99. The summed E-state index contributed by atoms with van der Waals surface area (Å²) in [5.41, 5.74) is -0.526. The van der Waals surface area contributed by atoms with E-state index < -0.39 is 5.54 Å². The fraction of sp³-hybridized carbons (Fsp3) is 0.917. The maximum Gasteiger partial charge on any atom is 0.130 e. The van der Waals surface area contributed by atoms with Crippen LogP contribution in [0, 0.1) is 11.3 Å². The van der Waals surface area contributed by atoms with Crippen LogP contribution in [0.5, 0.6) is 0 Å². The van der Waals surface area contributed by atoms with E-state index in [1.807, 2.05) is 6.92 Å². The fourth-order valence-corrected chi connectivity index (χ4v) is 1.67. The lowest BCUT2D eigenvalue weighted by Crippen LogP contribution is -2.49. The minimum absolute atomic E-state index is 0.443. The molecule has 0 saturated heterocycles. The third kappa shape index (κ3) is 4.93. The highest BCUT2D eigenvalue weighted by molar-refractivity contribution is 5.06. The molecule has 0 saturated carbocycles. The van der Waals surface area contributed by atoms with E-state index in [2.05, 4.69) is 30.1 Å². The lowest BCUT2D eigenvalue weighted by Gasteiger charge is -2.27. The summed E-state index contributed by atoms with van der Waals surface area (Å²) in [5.74, 6) is 0. The number of hydrogen-bond acceptors (Lipinski definition) is 4. The Balaban J connectivity index is 4.08. The van der Waals surface area contributed by atoms with Gasteiger partial charge in [-0.2, -0.15) is 5.26 Å². The van der Waals surface area contributed by atoms with Crippen LogP contribution < -0.4 is 5.32 Å². The van der Waals surface area contributed by atoms with Crippen molar-refractivity contribution in [2.75, 3.05) is 39.9 Å². The Morgan fingerprint density at radius 2 is 1.94 bits per heavy atom. The lowest BCUT2D eigenvalue weighted by molar-refractivity contribution is 0.132. The molecule has 4 heteroatoms. The molecule has 0 bridgehead atoms. The Bertz CT molecular complexity index is 211. The first-order valence-corrected chi connectivity index (χ1v) is 6.05. The first-order chi connectivity index (χ1) is 7.67. The Labute approximate surface area is 99.6 Å². The van der Waals surface area contributed by atoms with Crippen LogP contribution in [-0.2, 0) is 4.74 Å². The maximum atomic E-state index is 9.18. The van der Waals surface area contributed by atoms with Gasteiger partial charge in [0.25, 0.3) is 0 Å². The number of rotatable bonds is 9. The van der Waals surface area contributed by atoms with Crippen molar-refractivity contribution in [1.82, 2.24) is 10.2 Å². The summed E-state index contributed by atoms with van der Waals surface area (Å²) < 4.78 is 5.10.